The Morgan fingerprint density at radius 1 is 1.27 bits per heavy atom. The fraction of sp³-hybridized carbons (Fsp3) is 0.900. The highest BCUT2D eigenvalue weighted by molar-refractivity contribution is 5.78. The van der Waals surface area contributed by atoms with Crippen molar-refractivity contribution in [2.75, 3.05) is 0 Å². The van der Waals surface area contributed by atoms with Crippen molar-refractivity contribution in [2.24, 2.45) is 11.8 Å². The highest BCUT2D eigenvalue weighted by atomic mass is 16.1. The molecule has 1 rings (SSSR count). The number of hydrogen-bond donors (Lipinski definition) is 0. The van der Waals surface area contributed by atoms with Crippen molar-refractivity contribution in [1.29, 1.82) is 0 Å². The number of hydrogen-bond acceptors (Lipinski definition) is 1. The molecular formula is C10H18O. The second-order valence-electron chi connectivity index (χ2n) is 3.80. The smallest absolute Gasteiger partial charge is 0.132 e. The summed E-state index contributed by atoms with van der Waals surface area (Å²) in [7, 11) is 0. The molecule has 1 aliphatic carbocycles. The third-order valence-corrected chi connectivity index (χ3v) is 3.00. The van der Waals surface area contributed by atoms with Crippen LogP contribution in [-0.2, 0) is 4.79 Å². The van der Waals surface area contributed by atoms with Crippen molar-refractivity contribution >= 4 is 5.78 Å². The molecule has 0 aromatic carbocycles. The van der Waals surface area contributed by atoms with Gasteiger partial charge in [-0.15, -0.1) is 0 Å². The van der Waals surface area contributed by atoms with Crippen LogP contribution in [-0.4, -0.2) is 5.78 Å². The molecule has 0 aromatic rings. The maximum absolute atomic E-state index is 11.0. The Morgan fingerprint density at radius 2 is 1.82 bits per heavy atom. The molecule has 0 bridgehead atoms. The van der Waals surface area contributed by atoms with Gasteiger partial charge in [-0.2, -0.15) is 0 Å². The number of Topliss-reactive ketones (excluding diaryl/α,β-unsaturated/α-hetero) is 1. The molecule has 0 amide bonds. The van der Waals surface area contributed by atoms with E-state index in [1.54, 1.807) is 6.92 Å². The Kier molecular flexibility index (Phi) is 3.10. The molecule has 64 valence electrons. The molecule has 0 aliphatic heterocycles. The topological polar surface area (TPSA) is 17.1 Å². The number of carbonyl (C=O) groups excluding carboxylic acids is 1. The first kappa shape index (κ1) is 8.76. The standard InChI is InChI=1S/C10H18O/c1-8(9(2)11)10-6-4-3-5-7-10/h8,10H,3-7H2,1-2H3. The predicted molar refractivity (Wildman–Crippen MR) is 46.4 cm³/mol. The summed E-state index contributed by atoms with van der Waals surface area (Å²) in [4.78, 5) is 11.0. The van der Waals surface area contributed by atoms with Gasteiger partial charge in [0.05, 0.1) is 0 Å². The first-order valence-corrected chi connectivity index (χ1v) is 4.72. The molecule has 0 radical (unpaired) electrons. The molecule has 1 unspecified atom stereocenters. The Bertz CT molecular complexity index is 134. The van der Waals surface area contributed by atoms with Crippen molar-refractivity contribution in [3.63, 3.8) is 0 Å². The Labute approximate surface area is 69.2 Å². The molecule has 1 heteroatoms. The molecule has 0 saturated heterocycles. The van der Waals surface area contributed by atoms with E-state index in [4.69, 9.17) is 0 Å². The van der Waals surface area contributed by atoms with Gasteiger partial charge >= 0.3 is 0 Å². The number of carbonyl (C=O) groups is 1. The Balaban J connectivity index is 2.38. The quantitative estimate of drug-likeness (QED) is 0.597. The normalized spacial score (nSPS) is 23.1. The highest BCUT2D eigenvalue weighted by Crippen LogP contribution is 2.29. The van der Waals surface area contributed by atoms with Crippen LogP contribution < -0.4 is 0 Å². The van der Waals surface area contributed by atoms with E-state index < -0.39 is 0 Å². The Hall–Kier alpha value is -0.330. The summed E-state index contributed by atoms with van der Waals surface area (Å²) in [5.74, 6) is 1.38. The van der Waals surface area contributed by atoms with Gasteiger partial charge in [-0.25, -0.2) is 0 Å². The second-order valence-corrected chi connectivity index (χ2v) is 3.80. The first-order valence-electron chi connectivity index (χ1n) is 4.72. The lowest BCUT2D eigenvalue weighted by molar-refractivity contribution is -0.122. The lowest BCUT2D eigenvalue weighted by Gasteiger charge is -2.25. The minimum atomic E-state index is 0.315. The van der Waals surface area contributed by atoms with Gasteiger partial charge in [0.15, 0.2) is 0 Å². The highest BCUT2D eigenvalue weighted by Gasteiger charge is 2.22. The lowest BCUT2D eigenvalue weighted by Crippen LogP contribution is -2.20. The molecule has 0 heterocycles. The SMILES string of the molecule is CC(=O)C(C)C1CCCCC1. The monoisotopic (exact) mass is 154 g/mol. The van der Waals surface area contributed by atoms with Crippen LogP contribution in [0.2, 0.25) is 0 Å². The van der Waals surface area contributed by atoms with Crippen LogP contribution in [0.4, 0.5) is 0 Å². The molecule has 1 fully saturated rings. The van der Waals surface area contributed by atoms with Gasteiger partial charge in [-0.3, -0.25) is 4.79 Å². The van der Waals surface area contributed by atoms with E-state index >= 15 is 0 Å². The van der Waals surface area contributed by atoms with E-state index in [9.17, 15) is 4.79 Å². The molecule has 1 atom stereocenters. The molecule has 1 saturated carbocycles. The van der Waals surface area contributed by atoms with E-state index in [1.807, 2.05) is 0 Å². The maximum atomic E-state index is 11.0. The van der Waals surface area contributed by atoms with E-state index in [2.05, 4.69) is 6.92 Å². The molecule has 0 N–H and O–H groups in total. The molecule has 11 heavy (non-hydrogen) atoms. The van der Waals surface area contributed by atoms with Crippen molar-refractivity contribution in [2.45, 2.75) is 46.0 Å². The van der Waals surface area contributed by atoms with Crippen LogP contribution in [0.25, 0.3) is 0 Å². The van der Waals surface area contributed by atoms with Crippen molar-refractivity contribution in [1.82, 2.24) is 0 Å². The zero-order chi connectivity index (χ0) is 8.27. The second kappa shape index (κ2) is 3.89. The van der Waals surface area contributed by atoms with Gasteiger partial charge in [0.2, 0.25) is 0 Å². The van der Waals surface area contributed by atoms with Gasteiger partial charge in [-0.1, -0.05) is 26.2 Å². The lowest BCUT2D eigenvalue weighted by atomic mass is 9.79. The number of rotatable bonds is 2. The van der Waals surface area contributed by atoms with Gasteiger partial charge < -0.3 is 0 Å². The summed E-state index contributed by atoms with van der Waals surface area (Å²) in [6.07, 6.45) is 6.60. The summed E-state index contributed by atoms with van der Waals surface area (Å²) in [6.45, 7) is 3.80. The third kappa shape index (κ3) is 2.32. The first-order chi connectivity index (χ1) is 5.22. The molecule has 1 aliphatic rings. The van der Waals surface area contributed by atoms with Gasteiger partial charge in [0.1, 0.15) is 5.78 Å². The summed E-state index contributed by atoms with van der Waals surface area (Å²) < 4.78 is 0. The van der Waals surface area contributed by atoms with Crippen molar-refractivity contribution in [3.8, 4) is 0 Å². The fourth-order valence-corrected chi connectivity index (χ4v) is 1.97. The predicted octanol–water partition coefficient (Wildman–Crippen LogP) is 2.79. The average molecular weight is 154 g/mol. The van der Waals surface area contributed by atoms with Crippen LogP contribution in [0.1, 0.15) is 46.0 Å². The van der Waals surface area contributed by atoms with Crippen LogP contribution in [0.15, 0.2) is 0 Å². The van der Waals surface area contributed by atoms with E-state index in [0.717, 1.165) is 0 Å². The molecule has 0 spiro atoms. The third-order valence-electron chi connectivity index (χ3n) is 3.00. The zero-order valence-corrected chi connectivity index (χ0v) is 7.60. The molecular weight excluding hydrogens is 136 g/mol. The molecule has 0 aromatic heterocycles. The van der Waals surface area contributed by atoms with Crippen molar-refractivity contribution < 1.29 is 4.79 Å². The maximum Gasteiger partial charge on any atom is 0.132 e. The van der Waals surface area contributed by atoms with Crippen LogP contribution in [0.5, 0.6) is 0 Å². The van der Waals surface area contributed by atoms with E-state index in [1.165, 1.54) is 32.1 Å². The van der Waals surface area contributed by atoms with Gasteiger partial charge in [0, 0.05) is 5.92 Å². The zero-order valence-electron chi connectivity index (χ0n) is 7.60. The largest absolute Gasteiger partial charge is 0.300 e. The van der Waals surface area contributed by atoms with E-state index in [-0.39, 0.29) is 0 Å². The minimum absolute atomic E-state index is 0.315. The molecule has 1 nitrogen and oxygen atoms in total. The van der Waals surface area contributed by atoms with E-state index in [0.29, 0.717) is 17.6 Å². The Morgan fingerprint density at radius 3 is 2.27 bits per heavy atom. The summed E-state index contributed by atoms with van der Waals surface area (Å²) >= 11 is 0. The summed E-state index contributed by atoms with van der Waals surface area (Å²) in [5.41, 5.74) is 0. The summed E-state index contributed by atoms with van der Waals surface area (Å²) in [5, 5.41) is 0. The van der Waals surface area contributed by atoms with Crippen LogP contribution in [0.3, 0.4) is 0 Å². The van der Waals surface area contributed by atoms with Crippen molar-refractivity contribution in [3.05, 3.63) is 0 Å². The number of ketones is 1. The summed E-state index contributed by atoms with van der Waals surface area (Å²) in [6, 6.07) is 0. The fourth-order valence-electron chi connectivity index (χ4n) is 1.97. The average Bonchev–Trinajstić information content (AvgIpc) is 2.05. The van der Waals surface area contributed by atoms with Gasteiger partial charge in [0.25, 0.3) is 0 Å². The van der Waals surface area contributed by atoms with Gasteiger partial charge in [-0.05, 0) is 25.7 Å². The minimum Gasteiger partial charge on any atom is -0.300 e. The van der Waals surface area contributed by atoms with Crippen LogP contribution in [0, 0.1) is 11.8 Å². The van der Waals surface area contributed by atoms with Crippen LogP contribution >= 0.6 is 0 Å².